The van der Waals surface area contributed by atoms with Crippen molar-refractivity contribution in [1.29, 1.82) is 0 Å². The summed E-state index contributed by atoms with van der Waals surface area (Å²) in [7, 11) is 0. The molecule has 0 amide bonds. The molecule has 1 fully saturated rings. The molecule has 0 aliphatic heterocycles. The van der Waals surface area contributed by atoms with Crippen molar-refractivity contribution < 1.29 is 0 Å². The van der Waals surface area contributed by atoms with E-state index in [2.05, 4.69) is 26.2 Å². The summed E-state index contributed by atoms with van der Waals surface area (Å²) in [4.78, 5) is 0. The highest BCUT2D eigenvalue weighted by molar-refractivity contribution is 5.35. The van der Waals surface area contributed by atoms with Gasteiger partial charge in [-0.05, 0) is 37.7 Å². The van der Waals surface area contributed by atoms with Crippen LogP contribution in [-0.2, 0) is 0 Å². The van der Waals surface area contributed by atoms with E-state index < -0.39 is 0 Å². The molecule has 66 valence electrons. The van der Waals surface area contributed by atoms with Crippen LogP contribution in [0.1, 0.15) is 39.0 Å². The van der Waals surface area contributed by atoms with Gasteiger partial charge in [0.15, 0.2) is 0 Å². The highest BCUT2D eigenvalue weighted by Gasteiger charge is 2.08. The molecule has 0 saturated heterocycles. The van der Waals surface area contributed by atoms with E-state index in [-0.39, 0.29) is 0 Å². The molecule has 0 spiro atoms. The summed E-state index contributed by atoms with van der Waals surface area (Å²) in [5, 5.41) is 0. The van der Waals surface area contributed by atoms with Gasteiger partial charge in [0.25, 0.3) is 0 Å². The van der Waals surface area contributed by atoms with Crippen LogP contribution in [0.5, 0.6) is 0 Å². The van der Waals surface area contributed by atoms with Gasteiger partial charge < -0.3 is 0 Å². The fraction of sp³-hybridized carbons (Fsp3) is 0.500. The number of hydrogen-bond acceptors (Lipinski definition) is 0. The van der Waals surface area contributed by atoms with Gasteiger partial charge in [0.1, 0.15) is 0 Å². The lowest BCUT2D eigenvalue weighted by Crippen LogP contribution is -1.97. The van der Waals surface area contributed by atoms with Crippen LogP contribution in [0.25, 0.3) is 0 Å². The van der Waals surface area contributed by atoms with Crippen LogP contribution in [0.4, 0.5) is 0 Å². The molecule has 0 aromatic carbocycles. The minimum Gasteiger partial charge on any atom is -0.0958 e. The van der Waals surface area contributed by atoms with Crippen molar-refractivity contribution in [2.75, 3.05) is 0 Å². The third kappa shape index (κ3) is 2.37. The maximum Gasteiger partial charge on any atom is -0.0276 e. The predicted molar refractivity (Wildman–Crippen MR) is 55.1 cm³/mol. The Labute approximate surface area is 75.7 Å². The van der Waals surface area contributed by atoms with Crippen molar-refractivity contribution in [2.24, 2.45) is 0 Å². The van der Waals surface area contributed by atoms with E-state index in [0.29, 0.717) is 0 Å². The van der Waals surface area contributed by atoms with Gasteiger partial charge in [-0.15, -0.1) is 0 Å². The largest absolute Gasteiger partial charge is 0.0958 e. The lowest BCUT2D eigenvalue weighted by Gasteiger charge is -2.16. The van der Waals surface area contributed by atoms with Crippen LogP contribution in [0.2, 0.25) is 0 Å². The Morgan fingerprint density at radius 2 is 2.08 bits per heavy atom. The topological polar surface area (TPSA) is 0 Å². The SMILES string of the molecule is C=C(/C=C1/CCCCC1=C)CC. The minimum atomic E-state index is 1.05. The average Bonchev–Trinajstić information content (AvgIpc) is 2.09. The van der Waals surface area contributed by atoms with E-state index in [1.807, 2.05) is 0 Å². The Balaban J connectivity index is 2.65. The van der Waals surface area contributed by atoms with Gasteiger partial charge in [0.2, 0.25) is 0 Å². The van der Waals surface area contributed by atoms with Crippen molar-refractivity contribution in [3.05, 3.63) is 36.0 Å². The Kier molecular flexibility index (Phi) is 3.33. The molecule has 0 atom stereocenters. The number of rotatable bonds is 2. The van der Waals surface area contributed by atoms with Gasteiger partial charge in [-0.2, -0.15) is 0 Å². The standard InChI is InChI=1S/C12H18/c1-4-10(2)9-12-8-6-5-7-11(12)3/h9H,2-8H2,1H3/b12-9-. The van der Waals surface area contributed by atoms with Crippen molar-refractivity contribution in [3.63, 3.8) is 0 Å². The van der Waals surface area contributed by atoms with Crippen molar-refractivity contribution in [3.8, 4) is 0 Å². The Morgan fingerprint density at radius 3 is 2.67 bits per heavy atom. The minimum absolute atomic E-state index is 1.05. The zero-order chi connectivity index (χ0) is 8.97. The van der Waals surface area contributed by atoms with Gasteiger partial charge >= 0.3 is 0 Å². The molecule has 12 heavy (non-hydrogen) atoms. The zero-order valence-corrected chi connectivity index (χ0v) is 8.03. The summed E-state index contributed by atoms with van der Waals surface area (Å²) < 4.78 is 0. The molecule has 0 unspecified atom stereocenters. The van der Waals surface area contributed by atoms with Crippen LogP contribution in [-0.4, -0.2) is 0 Å². The molecule has 1 aliphatic carbocycles. The second-order valence-corrected chi connectivity index (χ2v) is 3.49. The monoisotopic (exact) mass is 162 g/mol. The molecular formula is C12H18. The van der Waals surface area contributed by atoms with Crippen molar-refractivity contribution in [2.45, 2.75) is 39.0 Å². The Hall–Kier alpha value is -0.780. The molecule has 0 heterocycles. The smallest absolute Gasteiger partial charge is 0.0276 e. The number of hydrogen-bond donors (Lipinski definition) is 0. The lowest BCUT2D eigenvalue weighted by molar-refractivity contribution is 0.680. The molecule has 0 bridgehead atoms. The average molecular weight is 162 g/mol. The summed E-state index contributed by atoms with van der Waals surface area (Å²) in [6.07, 6.45) is 8.30. The summed E-state index contributed by atoms with van der Waals surface area (Å²) >= 11 is 0. The van der Waals surface area contributed by atoms with E-state index >= 15 is 0 Å². The highest BCUT2D eigenvalue weighted by atomic mass is 14.1. The number of allylic oxidation sites excluding steroid dienone is 4. The van der Waals surface area contributed by atoms with E-state index in [1.165, 1.54) is 42.4 Å². The fourth-order valence-electron chi connectivity index (χ4n) is 1.51. The molecule has 0 aromatic heterocycles. The second kappa shape index (κ2) is 4.30. The molecule has 1 rings (SSSR count). The highest BCUT2D eigenvalue weighted by Crippen LogP contribution is 2.28. The van der Waals surface area contributed by atoms with Gasteiger partial charge in [0, 0.05) is 0 Å². The predicted octanol–water partition coefficient (Wildman–Crippen LogP) is 4.01. The van der Waals surface area contributed by atoms with E-state index in [0.717, 1.165) is 6.42 Å². The van der Waals surface area contributed by atoms with Gasteiger partial charge in [-0.3, -0.25) is 0 Å². The maximum atomic E-state index is 4.07. The summed E-state index contributed by atoms with van der Waals surface area (Å²) in [6.45, 7) is 10.2. The maximum absolute atomic E-state index is 4.07. The molecule has 0 N–H and O–H groups in total. The van der Waals surface area contributed by atoms with E-state index in [1.54, 1.807) is 0 Å². The third-order valence-corrected chi connectivity index (χ3v) is 2.46. The van der Waals surface area contributed by atoms with Gasteiger partial charge in [0.05, 0.1) is 0 Å². The first-order valence-electron chi connectivity index (χ1n) is 4.80. The summed E-state index contributed by atoms with van der Waals surface area (Å²) in [5.41, 5.74) is 4.00. The third-order valence-electron chi connectivity index (χ3n) is 2.46. The van der Waals surface area contributed by atoms with Crippen LogP contribution in [0.3, 0.4) is 0 Å². The Morgan fingerprint density at radius 1 is 1.42 bits per heavy atom. The molecule has 1 aliphatic rings. The first-order chi connectivity index (χ1) is 5.74. The Bertz CT molecular complexity index is 218. The molecule has 0 heteroatoms. The lowest BCUT2D eigenvalue weighted by atomic mass is 9.89. The fourth-order valence-corrected chi connectivity index (χ4v) is 1.51. The quantitative estimate of drug-likeness (QED) is 0.575. The van der Waals surface area contributed by atoms with E-state index in [9.17, 15) is 0 Å². The van der Waals surface area contributed by atoms with Gasteiger partial charge in [-0.25, -0.2) is 0 Å². The van der Waals surface area contributed by atoms with Crippen molar-refractivity contribution in [1.82, 2.24) is 0 Å². The molecule has 1 saturated carbocycles. The molecule has 0 radical (unpaired) electrons. The molecular weight excluding hydrogens is 144 g/mol. The summed E-state index contributed by atoms with van der Waals surface area (Å²) in [6, 6.07) is 0. The van der Waals surface area contributed by atoms with Crippen LogP contribution in [0.15, 0.2) is 36.0 Å². The zero-order valence-electron chi connectivity index (χ0n) is 8.03. The van der Waals surface area contributed by atoms with Crippen LogP contribution >= 0.6 is 0 Å². The second-order valence-electron chi connectivity index (χ2n) is 3.49. The van der Waals surface area contributed by atoms with Gasteiger partial charge in [-0.1, -0.05) is 37.3 Å². The van der Waals surface area contributed by atoms with Crippen LogP contribution < -0.4 is 0 Å². The summed E-state index contributed by atoms with van der Waals surface area (Å²) in [5.74, 6) is 0. The normalized spacial score (nSPS) is 21.4. The van der Waals surface area contributed by atoms with Crippen LogP contribution in [0, 0.1) is 0 Å². The molecule has 0 nitrogen and oxygen atoms in total. The van der Waals surface area contributed by atoms with E-state index in [4.69, 9.17) is 0 Å². The molecule has 0 aromatic rings. The first-order valence-corrected chi connectivity index (χ1v) is 4.80. The first kappa shape index (κ1) is 9.31. The van der Waals surface area contributed by atoms with Crippen molar-refractivity contribution >= 4 is 0 Å².